The monoisotopic (exact) mass is 401 g/mol. The molecule has 3 aromatic rings. The van der Waals surface area contributed by atoms with Crippen molar-refractivity contribution < 1.29 is 27.4 Å². The van der Waals surface area contributed by atoms with Gasteiger partial charge in [0, 0.05) is 5.69 Å². The first-order valence-electron chi connectivity index (χ1n) is 8.85. The van der Waals surface area contributed by atoms with Gasteiger partial charge >= 0.3 is 6.18 Å². The van der Waals surface area contributed by atoms with Crippen molar-refractivity contribution in [3.8, 4) is 17.2 Å². The van der Waals surface area contributed by atoms with Crippen molar-refractivity contribution in [2.75, 3.05) is 11.9 Å². The van der Waals surface area contributed by atoms with Gasteiger partial charge in [0.2, 0.25) is 0 Å². The summed E-state index contributed by atoms with van der Waals surface area (Å²) in [6.07, 6.45) is -4.61. The fourth-order valence-corrected chi connectivity index (χ4v) is 2.64. The Hall–Kier alpha value is -3.48. The molecule has 0 radical (unpaired) electrons. The molecule has 4 nitrogen and oxygen atoms in total. The van der Waals surface area contributed by atoms with Crippen LogP contribution < -0.4 is 14.8 Å². The van der Waals surface area contributed by atoms with Gasteiger partial charge in [0.1, 0.15) is 17.2 Å². The van der Waals surface area contributed by atoms with Gasteiger partial charge in [-0.3, -0.25) is 4.79 Å². The SMILES string of the molecule is CCOc1ccc(Oc2ccc(NC(=O)c3ccccc3C(F)(F)F)cc2)cc1. The lowest BCUT2D eigenvalue weighted by atomic mass is 10.1. The molecule has 0 bridgehead atoms. The van der Waals surface area contributed by atoms with Gasteiger partial charge in [-0.15, -0.1) is 0 Å². The second-order valence-corrected chi connectivity index (χ2v) is 6.03. The second-order valence-electron chi connectivity index (χ2n) is 6.03. The Balaban J connectivity index is 1.67. The summed E-state index contributed by atoms with van der Waals surface area (Å²) in [5.74, 6) is 1.02. The van der Waals surface area contributed by atoms with E-state index in [0.717, 1.165) is 17.9 Å². The number of hydrogen-bond acceptors (Lipinski definition) is 3. The number of amides is 1. The molecular formula is C22H18F3NO3. The van der Waals surface area contributed by atoms with E-state index >= 15 is 0 Å². The number of rotatable bonds is 6. The van der Waals surface area contributed by atoms with Crippen molar-refractivity contribution in [1.29, 1.82) is 0 Å². The van der Waals surface area contributed by atoms with Gasteiger partial charge in [0.05, 0.1) is 17.7 Å². The normalized spacial score (nSPS) is 11.0. The van der Waals surface area contributed by atoms with Crippen LogP contribution in [0.1, 0.15) is 22.8 Å². The number of carbonyl (C=O) groups excluding carboxylic acids is 1. The Morgan fingerprint density at radius 1 is 0.862 bits per heavy atom. The summed E-state index contributed by atoms with van der Waals surface area (Å²) < 4.78 is 50.3. The van der Waals surface area contributed by atoms with Crippen LogP contribution in [0.4, 0.5) is 18.9 Å². The molecule has 0 aliphatic rings. The molecule has 0 aliphatic carbocycles. The standard InChI is InChI=1S/C22H18F3NO3/c1-2-28-16-11-13-18(14-12-16)29-17-9-7-15(8-10-17)26-21(27)19-5-3-4-6-20(19)22(23,24)25/h3-14H,2H2,1H3,(H,26,27). The average molecular weight is 401 g/mol. The summed E-state index contributed by atoms with van der Waals surface area (Å²) in [4.78, 5) is 12.3. The van der Waals surface area contributed by atoms with Gasteiger partial charge < -0.3 is 14.8 Å². The van der Waals surface area contributed by atoms with Crippen LogP contribution in [0.25, 0.3) is 0 Å². The molecule has 0 spiro atoms. The zero-order valence-corrected chi connectivity index (χ0v) is 15.5. The average Bonchev–Trinajstić information content (AvgIpc) is 2.70. The summed E-state index contributed by atoms with van der Waals surface area (Å²) in [5.41, 5.74) is -1.06. The van der Waals surface area contributed by atoms with Crippen LogP contribution in [0.5, 0.6) is 17.2 Å². The smallest absolute Gasteiger partial charge is 0.417 e. The van der Waals surface area contributed by atoms with E-state index in [1.807, 2.05) is 6.92 Å². The van der Waals surface area contributed by atoms with Crippen LogP contribution in [0, 0.1) is 0 Å². The van der Waals surface area contributed by atoms with Gasteiger partial charge in [0.15, 0.2) is 0 Å². The van der Waals surface area contributed by atoms with Crippen LogP contribution in [0.2, 0.25) is 0 Å². The second kappa shape index (κ2) is 8.68. The van der Waals surface area contributed by atoms with E-state index in [1.54, 1.807) is 48.5 Å². The van der Waals surface area contributed by atoms with Gasteiger partial charge in [-0.2, -0.15) is 13.2 Å². The largest absolute Gasteiger partial charge is 0.494 e. The zero-order valence-electron chi connectivity index (χ0n) is 15.5. The van der Waals surface area contributed by atoms with Gasteiger partial charge in [0.25, 0.3) is 5.91 Å². The lowest BCUT2D eigenvalue weighted by Gasteiger charge is -2.13. The lowest BCUT2D eigenvalue weighted by Crippen LogP contribution is -2.18. The molecule has 29 heavy (non-hydrogen) atoms. The molecule has 1 amide bonds. The van der Waals surface area contributed by atoms with E-state index in [4.69, 9.17) is 9.47 Å². The summed E-state index contributed by atoms with van der Waals surface area (Å²) >= 11 is 0. The van der Waals surface area contributed by atoms with Crippen LogP contribution in [0.15, 0.2) is 72.8 Å². The van der Waals surface area contributed by atoms with Crippen LogP contribution in [-0.2, 0) is 6.18 Å². The number of hydrogen-bond donors (Lipinski definition) is 1. The van der Waals surface area contributed by atoms with Gasteiger partial charge in [-0.25, -0.2) is 0 Å². The molecule has 0 unspecified atom stereocenters. The number of alkyl halides is 3. The molecule has 1 N–H and O–H groups in total. The maximum absolute atomic E-state index is 13.1. The van der Waals surface area contributed by atoms with E-state index < -0.39 is 23.2 Å². The van der Waals surface area contributed by atoms with E-state index in [9.17, 15) is 18.0 Å². The number of halogens is 3. The summed E-state index contributed by atoms with van der Waals surface area (Å²) in [6.45, 7) is 2.47. The molecule has 0 saturated carbocycles. The maximum Gasteiger partial charge on any atom is 0.417 e. The molecule has 0 saturated heterocycles. The highest BCUT2D eigenvalue weighted by molar-refractivity contribution is 6.05. The minimum absolute atomic E-state index is 0.353. The number of ether oxygens (including phenoxy) is 2. The quantitative estimate of drug-likeness (QED) is 0.539. The van der Waals surface area contributed by atoms with Crippen molar-refractivity contribution in [2.45, 2.75) is 13.1 Å². The topological polar surface area (TPSA) is 47.6 Å². The first kappa shape index (κ1) is 20.3. The molecule has 0 aromatic heterocycles. The molecule has 0 aliphatic heterocycles. The minimum atomic E-state index is -4.61. The highest BCUT2D eigenvalue weighted by Gasteiger charge is 2.34. The molecule has 3 aromatic carbocycles. The Kier molecular flexibility index (Phi) is 6.07. The van der Waals surface area contributed by atoms with Gasteiger partial charge in [-0.05, 0) is 67.6 Å². The fraction of sp³-hybridized carbons (Fsp3) is 0.136. The van der Waals surface area contributed by atoms with Crippen LogP contribution in [0.3, 0.4) is 0 Å². The third kappa shape index (κ3) is 5.28. The van der Waals surface area contributed by atoms with E-state index in [0.29, 0.717) is 23.8 Å². The van der Waals surface area contributed by atoms with E-state index in [-0.39, 0.29) is 0 Å². The predicted octanol–water partition coefficient (Wildman–Crippen LogP) is 6.15. The molecular weight excluding hydrogens is 383 g/mol. The van der Waals surface area contributed by atoms with Crippen molar-refractivity contribution in [1.82, 2.24) is 0 Å². The van der Waals surface area contributed by atoms with Gasteiger partial charge in [-0.1, -0.05) is 12.1 Å². The summed E-state index contributed by atoms with van der Waals surface area (Å²) in [7, 11) is 0. The van der Waals surface area contributed by atoms with Crippen molar-refractivity contribution in [3.63, 3.8) is 0 Å². The van der Waals surface area contributed by atoms with Crippen molar-refractivity contribution >= 4 is 11.6 Å². The first-order valence-corrected chi connectivity index (χ1v) is 8.85. The number of anilines is 1. The van der Waals surface area contributed by atoms with Crippen LogP contribution >= 0.6 is 0 Å². The third-order valence-corrected chi connectivity index (χ3v) is 3.96. The number of carbonyl (C=O) groups is 1. The molecule has 0 fully saturated rings. The fourth-order valence-electron chi connectivity index (χ4n) is 2.64. The van der Waals surface area contributed by atoms with E-state index in [1.165, 1.54) is 12.1 Å². The number of benzene rings is 3. The Morgan fingerprint density at radius 2 is 1.41 bits per heavy atom. The first-order chi connectivity index (χ1) is 13.9. The minimum Gasteiger partial charge on any atom is -0.494 e. The Morgan fingerprint density at radius 3 is 2.00 bits per heavy atom. The molecule has 3 rings (SSSR count). The Bertz CT molecular complexity index is 968. The predicted molar refractivity (Wildman–Crippen MR) is 104 cm³/mol. The molecule has 150 valence electrons. The maximum atomic E-state index is 13.1. The highest BCUT2D eigenvalue weighted by atomic mass is 19.4. The lowest BCUT2D eigenvalue weighted by molar-refractivity contribution is -0.137. The summed E-state index contributed by atoms with van der Waals surface area (Å²) in [6, 6.07) is 18.1. The van der Waals surface area contributed by atoms with Crippen LogP contribution in [-0.4, -0.2) is 12.5 Å². The summed E-state index contributed by atoms with van der Waals surface area (Å²) in [5, 5.41) is 2.47. The Labute approximate surface area is 165 Å². The van der Waals surface area contributed by atoms with Crippen molar-refractivity contribution in [3.05, 3.63) is 83.9 Å². The molecule has 0 heterocycles. The number of nitrogens with one attached hydrogen (secondary N) is 1. The highest BCUT2D eigenvalue weighted by Crippen LogP contribution is 2.32. The molecule has 0 atom stereocenters. The van der Waals surface area contributed by atoms with Crippen molar-refractivity contribution in [2.24, 2.45) is 0 Å². The van der Waals surface area contributed by atoms with E-state index in [2.05, 4.69) is 5.32 Å². The zero-order chi connectivity index (χ0) is 20.9. The molecule has 7 heteroatoms. The third-order valence-electron chi connectivity index (χ3n) is 3.96.